The number of para-hydroxylation sites is 3. The highest BCUT2D eigenvalue weighted by atomic mass is 31.2. The fraction of sp³-hybridized carbons (Fsp3) is 0.0980. The normalized spacial score (nSPS) is 14.2. The fourth-order valence-corrected chi connectivity index (χ4v) is 14.0. The second-order valence-corrected chi connectivity index (χ2v) is 18.2. The lowest BCUT2D eigenvalue weighted by atomic mass is 10.1. The van der Waals surface area contributed by atoms with Crippen LogP contribution in [0.3, 0.4) is 0 Å². The van der Waals surface area contributed by atoms with Gasteiger partial charge in [-0.05, 0) is 96.9 Å². The minimum Gasteiger partial charge on any atom is -0.310 e. The largest absolute Gasteiger partial charge is 0.310 e. The zero-order valence-electron chi connectivity index (χ0n) is 30.5. The van der Waals surface area contributed by atoms with Crippen LogP contribution in [0.5, 0.6) is 0 Å². The van der Waals surface area contributed by atoms with Crippen LogP contribution in [0.2, 0.25) is 0 Å². The number of rotatable bonds is 8. The number of hydrogen-bond acceptors (Lipinski definition) is 0. The molecule has 260 valence electrons. The molecule has 2 nitrogen and oxygen atoms in total. The molecule has 0 spiro atoms. The van der Waals surface area contributed by atoms with Crippen LogP contribution in [-0.4, -0.2) is 14.8 Å². The molecule has 0 saturated heterocycles. The van der Waals surface area contributed by atoms with Crippen LogP contribution in [0.4, 0.5) is 0 Å². The average Bonchev–Trinajstić information content (AvgIpc) is 3.75. The molecular weight excluding hydrogens is 672 g/mol. The van der Waals surface area contributed by atoms with E-state index in [1.165, 1.54) is 76.1 Å². The summed E-state index contributed by atoms with van der Waals surface area (Å²) in [6.45, 7) is 2.27. The SMILES string of the molecule is CCCc1ccc2c3cc([P+](c4ccccc4)(c4ccccc4)C4C=c5c(n(-c6ccccc6)c6ccccc56)=CC4)ccc3n(-c3ccccc3)c2c1. The molecule has 0 bridgehead atoms. The number of benzene rings is 7. The van der Waals surface area contributed by atoms with Crippen molar-refractivity contribution in [3.8, 4) is 11.4 Å². The van der Waals surface area contributed by atoms with Crippen LogP contribution in [0.15, 0.2) is 182 Å². The quantitative estimate of drug-likeness (QED) is 0.139. The molecule has 0 radical (unpaired) electrons. The smallest absolute Gasteiger partial charge is 0.119 e. The van der Waals surface area contributed by atoms with Crippen molar-refractivity contribution < 1.29 is 0 Å². The van der Waals surface area contributed by atoms with Crippen molar-refractivity contribution in [2.45, 2.75) is 31.8 Å². The highest BCUT2D eigenvalue weighted by molar-refractivity contribution is 7.96. The fourth-order valence-electron chi connectivity index (χ4n) is 9.20. The Hall–Kier alpha value is -5.95. The number of nitrogens with zero attached hydrogens (tertiary/aromatic N) is 2. The van der Waals surface area contributed by atoms with Crippen molar-refractivity contribution in [1.82, 2.24) is 9.13 Å². The van der Waals surface area contributed by atoms with E-state index in [0.717, 1.165) is 19.3 Å². The molecule has 3 heteroatoms. The third kappa shape index (κ3) is 5.12. The number of fused-ring (bicyclic) bond motifs is 6. The van der Waals surface area contributed by atoms with Gasteiger partial charge in [-0.25, -0.2) is 0 Å². The summed E-state index contributed by atoms with van der Waals surface area (Å²) in [5.74, 6) is 0. The highest BCUT2D eigenvalue weighted by Gasteiger charge is 2.51. The molecule has 1 atom stereocenters. The Bertz CT molecular complexity index is 2870. The van der Waals surface area contributed by atoms with Gasteiger partial charge in [0.15, 0.2) is 0 Å². The van der Waals surface area contributed by atoms with Crippen LogP contribution in [0.25, 0.3) is 56.2 Å². The summed E-state index contributed by atoms with van der Waals surface area (Å²) in [4.78, 5) is 0. The van der Waals surface area contributed by atoms with Crippen LogP contribution >= 0.6 is 7.26 Å². The molecule has 2 heterocycles. The summed E-state index contributed by atoms with van der Waals surface area (Å²) < 4.78 is 4.93. The molecule has 54 heavy (non-hydrogen) atoms. The Balaban J connectivity index is 1.29. The van der Waals surface area contributed by atoms with Gasteiger partial charge < -0.3 is 9.13 Å². The molecule has 7 aromatic carbocycles. The van der Waals surface area contributed by atoms with E-state index in [1.54, 1.807) is 0 Å². The predicted molar refractivity (Wildman–Crippen MR) is 233 cm³/mol. The molecule has 0 aliphatic heterocycles. The van der Waals surface area contributed by atoms with Gasteiger partial charge in [0.2, 0.25) is 0 Å². The average molecular weight is 714 g/mol. The molecule has 2 aromatic heterocycles. The van der Waals surface area contributed by atoms with E-state index in [1.807, 2.05) is 0 Å². The minimum absolute atomic E-state index is 0.251. The maximum absolute atomic E-state index is 2.65. The van der Waals surface area contributed by atoms with Gasteiger partial charge in [0.05, 0.1) is 21.9 Å². The predicted octanol–water partition coefficient (Wildman–Crippen LogP) is 10.0. The van der Waals surface area contributed by atoms with Crippen LogP contribution in [0, 0.1) is 0 Å². The summed E-state index contributed by atoms with van der Waals surface area (Å²) in [6, 6.07) is 68.1. The summed E-state index contributed by atoms with van der Waals surface area (Å²) >= 11 is 0. The van der Waals surface area contributed by atoms with Gasteiger partial charge in [-0.3, -0.25) is 0 Å². The Morgan fingerprint density at radius 2 is 1.09 bits per heavy atom. The van der Waals surface area contributed by atoms with Crippen molar-refractivity contribution >= 4 is 68.0 Å². The van der Waals surface area contributed by atoms with E-state index >= 15 is 0 Å². The minimum atomic E-state index is -2.30. The zero-order chi connectivity index (χ0) is 36.1. The van der Waals surface area contributed by atoms with Gasteiger partial charge in [0.25, 0.3) is 0 Å². The monoisotopic (exact) mass is 713 g/mol. The van der Waals surface area contributed by atoms with E-state index < -0.39 is 7.26 Å². The number of aryl methyl sites for hydroxylation is 1. The van der Waals surface area contributed by atoms with Crippen LogP contribution in [0.1, 0.15) is 25.3 Å². The van der Waals surface area contributed by atoms with Gasteiger partial charge in [-0.2, -0.15) is 0 Å². The van der Waals surface area contributed by atoms with Gasteiger partial charge in [-0.15, -0.1) is 0 Å². The maximum Gasteiger partial charge on any atom is 0.119 e. The van der Waals surface area contributed by atoms with E-state index in [9.17, 15) is 0 Å². The first-order chi connectivity index (χ1) is 26.8. The lowest BCUT2D eigenvalue weighted by molar-refractivity contribution is 0.923. The molecule has 1 aliphatic carbocycles. The third-order valence-corrected chi connectivity index (χ3v) is 16.2. The van der Waals surface area contributed by atoms with Crippen LogP contribution in [-0.2, 0) is 6.42 Å². The Kier molecular flexibility index (Phi) is 8.16. The topological polar surface area (TPSA) is 9.86 Å². The molecule has 1 aliphatic rings. The standard InChI is InChI=1S/C51H42N2P/c1-2-17-37-28-31-45-47-36-43(30-33-50(47)53(51(45)34-37)39-20-9-4-10-21-39)54(40-22-11-5-12-23-40,41-24-13-6-14-25-41)42-29-32-49-46(35-42)44-26-15-16-27-48(44)52(49)38-18-7-3-8-19-38/h3-16,18-28,30-36,42H,2,17,29H2,1H3/q+1. The molecule has 1 unspecified atom stereocenters. The summed E-state index contributed by atoms with van der Waals surface area (Å²) in [5.41, 5.74) is 7.82. The van der Waals surface area contributed by atoms with Gasteiger partial charge in [0, 0.05) is 39.2 Å². The zero-order valence-corrected chi connectivity index (χ0v) is 31.4. The Morgan fingerprint density at radius 1 is 0.500 bits per heavy atom. The van der Waals surface area contributed by atoms with Gasteiger partial charge in [-0.1, -0.05) is 123 Å². The molecule has 0 N–H and O–H groups in total. The molecular formula is C51H42N2P+. The molecule has 0 saturated carbocycles. The van der Waals surface area contributed by atoms with Gasteiger partial charge in [0.1, 0.15) is 28.8 Å². The Morgan fingerprint density at radius 3 is 1.76 bits per heavy atom. The first-order valence-corrected chi connectivity index (χ1v) is 21.1. The first kappa shape index (κ1) is 32.7. The van der Waals surface area contributed by atoms with Crippen molar-refractivity contribution in [1.29, 1.82) is 0 Å². The second-order valence-electron chi connectivity index (χ2n) is 14.5. The summed E-state index contributed by atoms with van der Waals surface area (Å²) in [5, 5.41) is 10.8. The van der Waals surface area contributed by atoms with E-state index in [0.29, 0.717) is 0 Å². The van der Waals surface area contributed by atoms with Crippen molar-refractivity contribution in [3.05, 3.63) is 198 Å². The third-order valence-electron chi connectivity index (χ3n) is 11.5. The molecule has 10 rings (SSSR count). The number of hydrogen-bond donors (Lipinski definition) is 0. The van der Waals surface area contributed by atoms with Crippen molar-refractivity contribution in [2.24, 2.45) is 0 Å². The van der Waals surface area contributed by atoms with E-state index in [-0.39, 0.29) is 5.66 Å². The molecule has 0 fully saturated rings. The molecule has 0 amide bonds. The van der Waals surface area contributed by atoms with Gasteiger partial charge >= 0.3 is 0 Å². The summed E-state index contributed by atoms with van der Waals surface area (Å²) in [7, 11) is -2.30. The van der Waals surface area contributed by atoms with E-state index in [2.05, 4.69) is 210 Å². The van der Waals surface area contributed by atoms with Crippen molar-refractivity contribution in [3.63, 3.8) is 0 Å². The second kappa shape index (κ2) is 13.5. The Labute approximate surface area is 317 Å². The number of aromatic nitrogens is 2. The molecule has 9 aromatic rings. The maximum atomic E-state index is 2.65. The van der Waals surface area contributed by atoms with Crippen molar-refractivity contribution in [2.75, 3.05) is 0 Å². The highest BCUT2D eigenvalue weighted by Crippen LogP contribution is 2.62. The first-order valence-electron chi connectivity index (χ1n) is 19.3. The summed E-state index contributed by atoms with van der Waals surface area (Å²) in [6.07, 6.45) is 8.33. The lowest BCUT2D eigenvalue weighted by Crippen LogP contribution is -2.42. The van der Waals surface area contributed by atoms with Crippen LogP contribution < -0.4 is 26.5 Å². The lowest BCUT2D eigenvalue weighted by Gasteiger charge is -2.34. The van der Waals surface area contributed by atoms with E-state index in [4.69, 9.17) is 0 Å².